The van der Waals surface area contributed by atoms with E-state index in [1.165, 1.54) is 12.3 Å². The van der Waals surface area contributed by atoms with Crippen LogP contribution in [0.1, 0.15) is 11.1 Å². The Morgan fingerprint density at radius 3 is 2.71 bits per heavy atom. The van der Waals surface area contributed by atoms with Crippen molar-refractivity contribution in [3.05, 3.63) is 64.1 Å². The summed E-state index contributed by atoms with van der Waals surface area (Å²) in [6.45, 7) is 0. The summed E-state index contributed by atoms with van der Waals surface area (Å²) in [5.74, 6) is 0.705. The predicted octanol–water partition coefficient (Wildman–Crippen LogP) is 1.80. The highest BCUT2D eigenvalue weighted by molar-refractivity contribution is 6.10. The normalized spacial score (nSPS) is 9.94. The Labute approximate surface area is 98.4 Å². The molecule has 0 radical (unpaired) electrons. The molecule has 0 saturated heterocycles. The first kappa shape index (κ1) is 11.1. The van der Waals surface area contributed by atoms with Gasteiger partial charge < -0.3 is 9.72 Å². The fourth-order valence-corrected chi connectivity index (χ4v) is 1.51. The van der Waals surface area contributed by atoms with E-state index in [4.69, 9.17) is 10.1 Å². The Kier molecular flexibility index (Phi) is 3.05. The Morgan fingerprint density at radius 1 is 1.24 bits per heavy atom. The van der Waals surface area contributed by atoms with E-state index in [0.717, 1.165) is 5.56 Å². The number of rotatable bonds is 3. The summed E-state index contributed by atoms with van der Waals surface area (Å²) in [6, 6.07) is 10.3. The van der Waals surface area contributed by atoms with Crippen LogP contribution in [0.5, 0.6) is 5.75 Å². The number of hydrogen-bond acceptors (Lipinski definition) is 3. The highest BCUT2D eigenvalue weighted by Gasteiger charge is 2.05. The first-order valence-corrected chi connectivity index (χ1v) is 5.13. The first-order valence-electron chi connectivity index (χ1n) is 5.13. The number of ether oxygens (including phenoxy) is 1. The van der Waals surface area contributed by atoms with Crippen LogP contribution in [0.4, 0.5) is 0 Å². The zero-order valence-corrected chi connectivity index (χ0v) is 9.36. The second kappa shape index (κ2) is 4.65. The second-order valence-electron chi connectivity index (χ2n) is 3.55. The summed E-state index contributed by atoms with van der Waals surface area (Å²) in [6.07, 6.45) is 1.53. The number of benzene rings is 1. The van der Waals surface area contributed by atoms with Gasteiger partial charge in [0, 0.05) is 23.4 Å². The largest absolute Gasteiger partial charge is 0.497 e. The maximum Gasteiger partial charge on any atom is 0.247 e. The standard InChI is InChI=1S/C13H12N2O2/c1-17-11-4-2-3-9(7-11)13(14)10-5-6-12(16)15-8-10/h2-8,14H,1H3,(H,15,16). The lowest BCUT2D eigenvalue weighted by Crippen LogP contribution is -2.08. The third-order valence-corrected chi connectivity index (χ3v) is 2.43. The monoisotopic (exact) mass is 228 g/mol. The Balaban J connectivity index is 2.36. The van der Waals surface area contributed by atoms with Gasteiger partial charge in [-0.05, 0) is 18.2 Å². The van der Waals surface area contributed by atoms with Gasteiger partial charge in [-0.1, -0.05) is 12.1 Å². The smallest absolute Gasteiger partial charge is 0.247 e. The van der Waals surface area contributed by atoms with E-state index in [1.54, 1.807) is 19.2 Å². The van der Waals surface area contributed by atoms with Crippen molar-refractivity contribution in [1.82, 2.24) is 4.98 Å². The van der Waals surface area contributed by atoms with Crippen molar-refractivity contribution in [3.8, 4) is 5.75 Å². The molecule has 0 unspecified atom stereocenters. The van der Waals surface area contributed by atoms with Crippen LogP contribution in [-0.4, -0.2) is 17.8 Å². The Morgan fingerprint density at radius 2 is 2.06 bits per heavy atom. The average Bonchev–Trinajstić information content (AvgIpc) is 2.39. The molecule has 0 aliphatic rings. The molecule has 0 amide bonds. The highest BCUT2D eigenvalue weighted by atomic mass is 16.5. The maximum atomic E-state index is 10.9. The minimum absolute atomic E-state index is 0.174. The molecule has 1 aromatic carbocycles. The maximum absolute atomic E-state index is 10.9. The highest BCUT2D eigenvalue weighted by Crippen LogP contribution is 2.15. The summed E-state index contributed by atoms with van der Waals surface area (Å²) >= 11 is 0. The summed E-state index contributed by atoms with van der Waals surface area (Å²) in [7, 11) is 1.59. The van der Waals surface area contributed by atoms with Crippen LogP contribution in [0.3, 0.4) is 0 Å². The molecular formula is C13H12N2O2. The van der Waals surface area contributed by atoms with E-state index < -0.39 is 0 Å². The number of hydrogen-bond donors (Lipinski definition) is 2. The summed E-state index contributed by atoms with van der Waals surface area (Å²) in [4.78, 5) is 13.5. The molecule has 0 aliphatic carbocycles. The molecule has 2 N–H and O–H groups in total. The minimum atomic E-state index is -0.174. The predicted molar refractivity (Wildman–Crippen MR) is 66.0 cm³/mol. The van der Waals surface area contributed by atoms with Gasteiger partial charge in [0.25, 0.3) is 0 Å². The molecule has 0 bridgehead atoms. The van der Waals surface area contributed by atoms with Crippen molar-refractivity contribution >= 4 is 5.71 Å². The zero-order chi connectivity index (χ0) is 12.3. The molecule has 17 heavy (non-hydrogen) atoms. The van der Waals surface area contributed by atoms with Crippen molar-refractivity contribution < 1.29 is 4.74 Å². The zero-order valence-electron chi connectivity index (χ0n) is 9.36. The molecule has 2 aromatic rings. The molecule has 0 fully saturated rings. The molecule has 86 valence electrons. The molecular weight excluding hydrogens is 216 g/mol. The molecule has 0 spiro atoms. The van der Waals surface area contributed by atoms with Crippen LogP contribution in [0.25, 0.3) is 0 Å². The van der Waals surface area contributed by atoms with Crippen LogP contribution in [0, 0.1) is 5.41 Å². The summed E-state index contributed by atoms with van der Waals surface area (Å²) in [5, 5.41) is 8.04. The number of aromatic amines is 1. The van der Waals surface area contributed by atoms with Gasteiger partial charge in [-0.3, -0.25) is 10.2 Å². The molecule has 4 heteroatoms. The van der Waals surface area contributed by atoms with Crippen LogP contribution in [0.15, 0.2) is 47.4 Å². The van der Waals surface area contributed by atoms with Gasteiger partial charge in [0.2, 0.25) is 5.56 Å². The van der Waals surface area contributed by atoms with Crippen molar-refractivity contribution in [2.75, 3.05) is 7.11 Å². The molecule has 1 heterocycles. The van der Waals surface area contributed by atoms with Crippen LogP contribution >= 0.6 is 0 Å². The van der Waals surface area contributed by atoms with E-state index in [0.29, 0.717) is 17.0 Å². The number of aromatic nitrogens is 1. The Hall–Kier alpha value is -2.36. The van der Waals surface area contributed by atoms with Crippen molar-refractivity contribution in [2.45, 2.75) is 0 Å². The van der Waals surface area contributed by atoms with Gasteiger partial charge in [0.1, 0.15) is 5.75 Å². The van der Waals surface area contributed by atoms with Gasteiger partial charge in [-0.15, -0.1) is 0 Å². The minimum Gasteiger partial charge on any atom is -0.497 e. The lowest BCUT2D eigenvalue weighted by molar-refractivity contribution is 0.414. The van der Waals surface area contributed by atoms with E-state index in [-0.39, 0.29) is 5.56 Å². The van der Waals surface area contributed by atoms with E-state index >= 15 is 0 Å². The third-order valence-electron chi connectivity index (χ3n) is 2.43. The average molecular weight is 228 g/mol. The van der Waals surface area contributed by atoms with Gasteiger partial charge in [0.05, 0.1) is 12.8 Å². The molecule has 0 aliphatic heterocycles. The molecule has 4 nitrogen and oxygen atoms in total. The third kappa shape index (κ3) is 2.42. The lowest BCUT2D eigenvalue weighted by atomic mass is 10.0. The van der Waals surface area contributed by atoms with E-state index in [9.17, 15) is 4.79 Å². The van der Waals surface area contributed by atoms with Gasteiger partial charge in [-0.2, -0.15) is 0 Å². The van der Waals surface area contributed by atoms with Crippen molar-refractivity contribution in [3.63, 3.8) is 0 Å². The van der Waals surface area contributed by atoms with Crippen LogP contribution in [-0.2, 0) is 0 Å². The summed E-state index contributed by atoms with van der Waals surface area (Å²) < 4.78 is 5.11. The number of nitrogens with one attached hydrogen (secondary N) is 2. The van der Waals surface area contributed by atoms with Gasteiger partial charge in [0.15, 0.2) is 0 Å². The van der Waals surface area contributed by atoms with E-state index in [2.05, 4.69) is 4.98 Å². The van der Waals surface area contributed by atoms with Gasteiger partial charge in [-0.25, -0.2) is 0 Å². The molecule has 1 aromatic heterocycles. The van der Waals surface area contributed by atoms with Crippen LogP contribution < -0.4 is 10.3 Å². The fourth-order valence-electron chi connectivity index (χ4n) is 1.51. The lowest BCUT2D eigenvalue weighted by Gasteiger charge is -2.06. The topological polar surface area (TPSA) is 65.9 Å². The van der Waals surface area contributed by atoms with Crippen LogP contribution in [0.2, 0.25) is 0 Å². The number of methoxy groups -OCH3 is 1. The Bertz CT molecular complexity index is 582. The second-order valence-corrected chi connectivity index (χ2v) is 3.55. The SMILES string of the molecule is COc1cccc(C(=N)c2ccc(=O)[nH]c2)c1. The molecule has 0 atom stereocenters. The van der Waals surface area contributed by atoms with Crippen molar-refractivity contribution in [1.29, 1.82) is 5.41 Å². The quantitative estimate of drug-likeness (QED) is 0.787. The van der Waals surface area contributed by atoms with E-state index in [1.807, 2.05) is 18.2 Å². The molecule has 0 saturated carbocycles. The first-order chi connectivity index (χ1) is 8.20. The molecule has 2 rings (SSSR count). The number of pyridine rings is 1. The van der Waals surface area contributed by atoms with Crippen molar-refractivity contribution in [2.24, 2.45) is 0 Å². The summed E-state index contributed by atoms with van der Waals surface area (Å²) in [5.41, 5.74) is 1.58. The fraction of sp³-hybridized carbons (Fsp3) is 0.0769. The van der Waals surface area contributed by atoms with Gasteiger partial charge >= 0.3 is 0 Å². The number of H-pyrrole nitrogens is 1.